The monoisotopic (exact) mass is 255 g/mol. The number of fused-ring (bicyclic) bond motifs is 1. The number of alkyl halides is 3. The fourth-order valence-corrected chi connectivity index (χ4v) is 2.06. The van der Waals surface area contributed by atoms with Crippen LogP contribution in [0.25, 0.3) is 10.8 Å². The average Bonchev–Trinajstić information content (AvgIpc) is 2.31. The largest absolute Gasteiger partial charge is 0.508 e. The van der Waals surface area contributed by atoms with E-state index in [1.54, 1.807) is 30.3 Å². The predicted molar refractivity (Wildman–Crippen MR) is 63.5 cm³/mol. The van der Waals surface area contributed by atoms with E-state index in [9.17, 15) is 18.3 Å². The normalized spacial score (nSPS) is 13.8. The maximum absolute atomic E-state index is 12.9. The van der Waals surface area contributed by atoms with Crippen molar-refractivity contribution in [2.45, 2.75) is 12.2 Å². The molecule has 96 valence electrons. The van der Waals surface area contributed by atoms with E-state index in [4.69, 9.17) is 0 Å². The molecule has 0 saturated carbocycles. The lowest BCUT2D eigenvalue weighted by Gasteiger charge is -2.22. The summed E-state index contributed by atoms with van der Waals surface area (Å²) in [7, 11) is 1.22. The van der Waals surface area contributed by atoms with Crippen LogP contribution in [0.3, 0.4) is 0 Å². The maximum atomic E-state index is 12.9. The Bertz CT molecular complexity index is 566. The summed E-state index contributed by atoms with van der Waals surface area (Å²) >= 11 is 0. The number of hydrogen-bond donors (Lipinski definition) is 2. The molecule has 2 aromatic carbocycles. The first-order valence-electron chi connectivity index (χ1n) is 5.39. The highest BCUT2D eigenvalue weighted by Crippen LogP contribution is 2.40. The van der Waals surface area contributed by atoms with Crippen LogP contribution in [0.2, 0.25) is 0 Å². The van der Waals surface area contributed by atoms with E-state index in [2.05, 4.69) is 5.32 Å². The number of phenols is 1. The van der Waals surface area contributed by atoms with E-state index in [1.165, 1.54) is 13.1 Å². The highest BCUT2D eigenvalue weighted by molar-refractivity contribution is 5.88. The van der Waals surface area contributed by atoms with Gasteiger partial charge in [0.15, 0.2) is 0 Å². The molecule has 0 amide bonds. The second kappa shape index (κ2) is 4.49. The highest BCUT2D eigenvalue weighted by atomic mass is 19.4. The number of nitrogens with one attached hydrogen (secondary N) is 1. The van der Waals surface area contributed by atoms with Gasteiger partial charge in [-0.05, 0) is 23.9 Å². The number of hydrogen-bond acceptors (Lipinski definition) is 2. The van der Waals surface area contributed by atoms with Crippen molar-refractivity contribution < 1.29 is 18.3 Å². The van der Waals surface area contributed by atoms with Crippen LogP contribution < -0.4 is 5.32 Å². The molecule has 0 radical (unpaired) electrons. The molecule has 0 fully saturated rings. The van der Waals surface area contributed by atoms with Crippen molar-refractivity contribution in [3.63, 3.8) is 0 Å². The Morgan fingerprint density at radius 3 is 2.39 bits per heavy atom. The minimum atomic E-state index is -4.46. The SMILES string of the molecule is CN[C@@H](c1c(O)ccc2ccccc12)C(F)(F)F. The molecule has 0 unspecified atom stereocenters. The number of halogens is 3. The van der Waals surface area contributed by atoms with Gasteiger partial charge in [0.2, 0.25) is 0 Å². The van der Waals surface area contributed by atoms with Crippen LogP contribution >= 0.6 is 0 Å². The summed E-state index contributed by atoms with van der Waals surface area (Å²) in [5, 5.41) is 13.0. The summed E-state index contributed by atoms with van der Waals surface area (Å²) in [6, 6.07) is 7.66. The van der Waals surface area contributed by atoms with Gasteiger partial charge in [-0.3, -0.25) is 0 Å². The van der Waals surface area contributed by atoms with Gasteiger partial charge in [0.1, 0.15) is 11.8 Å². The van der Waals surface area contributed by atoms with E-state index < -0.39 is 12.2 Å². The number of aromatic hydroxyl groups is 1. The molecule has 2 rings (SSSR count). The van der Waals surface area contributed by atoms with Crippen molar-refractivity contribution >= 4 is 10.8 Å². The summed E-state index contributed by atoms with van der Waals surface area (Å²) in [4.78, 5) is 0. The smallest absolute Gasteiger partial charge is 0.408 e. The van der Waals surface area contributed by atoms with Crippen molar-refractivity contribution in [1.29, 1.82) is 0 Å². The summed E-state index contributed by atoms with van der Waals surface area (Å²) < 4.78 is 38.8. The third-order valence-electron chi connectivity index (χ3n) is 2.85. The Morgan fingerprint density at radius 2 is 1.78 bits per heavy atom. The van der Waals surface area contributed by atoms with Crippen molar-refractivity contribution in [3.8, 4) is 5.75 Å². The van der Waals surface area contributed by atoms with Gasteiger partial charge in [0.25, 0.3) is 0 Å². The Kier molecular flexibility index (Phi) is 3.17. The molecule has 0 bridgehead atoms. The maximum Gasteiger partial charge on any atom is 0.408 e. The van der Waals surface area contributed by atoms with Crippen molar-refractivity contribution in [1.82, 2.24) is 5.32 Å². The van der Waals surface area contributed by atoms with E-state index in [0.29, 0.717) is 10.8 Å². The van der Waals surface area contributed by atoms with Crippen LogP contribution in [0.1, 0.15) is 11.6 Å². The van der Waals surface area contributed by atoms with Gasteiger partial charge in [-0.15, -0.1) is 0 Å². The van der Waals surface area contributed by atoms with Crippen LogP contribution in [-0.2, 0) is 0 Å². The molecule has 0 aliphatic rings. The van der Waals surface area contributed by atoms with Gasteiger partial charge >= 0.3 is 6.18 Å². The van der Waals surface area contributed by atoms with E-state index in [1.807, 2.05) is 0 Å². The van der Waals surface area contributed by atoms with Crippen LogP contribution in [0, 0.1) is 0 Å². The Morgan fingerprint density at radius 1 is 1.11 bits per heavy atom. The Balaban J connectivity index is 2.72. The molecule has 0 aliphatic heterocycles. The minimum absolute atomic E-state index is 0.136. The minimum Gasteiger partial charge on any atom is -0.508 e. The van der Waals surface area contributed by atoms with Crippen molar-refractivity contribution in [2.75, 3.05) is 7.05 Å². The molecule has 0 aromatic heterocycles. The molecule has 1 atom stereocenters. The third-order valence-corrected chi connectivity index (χ3v) is 2.85. The number of benzene rings is 2. The molecule has 0 saturated heterocycles. The third kappa shape index (κ3) is 2.13. The first-order valence-corrected chi connectivity index (χ1v) is 5.39. The zero-order valence-corrected chi connectivity index (χ0v) is 9.62. The van der Waals surface area contributed by atoms with Crippen molar-refractivity contribution in [3.05, 3.63) is 42.0 Å². The average molecular weight is 255 g/mol. The first kappa shape index (κ1) is 12.7. The van der Waals surface area contributed by atoms with E-state index >= 15 is 0 Å². The first-order chi connectivity index (χ1) is 8.45. The van der Waals surface area contributed by atoms with Gasteiger partial charge in [-0.25, -0.2) is 0 Å². The second-order valence-corrected chi connectivity index (χ2v) is 3.98. The lowest BCUT2D eigenvalue weighted by Crippen LogP contribution is -2.31. The van der Waals surface area contributed by atoms with Gasteiger partial charge in [0.05, 0.1) is 0 Å². The second-order valence-electron chi connectivity index (χ2n) is 3.98. The fraction of sp³-hybridized carbons (Fsp3) is 0.231. The number of rotatable bonds is 2. The molecule has 0 aliphatic carbocycles. The Hall–Kier alpha value is -1.75. The van der Waals surface area contributed by atoms with Crippen LogP contribution in [0.15, 0.2) is 36.4 Å². The summed E-state index contributed by atoms with van der Waals surface area (Å²) in [5.41, 5.74) is -0.136. The standard InChI is InChI=1S/C13H12F3NO/c1-17-12(13(14,15)16)11-9-5-3-2-4-8(9)6-7-10(11)18/h2-7,12,17-18H,1H3/t12-/m0/s1. The lowest BCUT2D eigenvalue weighted by molar-refractivity contribution is -0.156. The zero-order valence-electron chi connectivity index (χ0n) is 9.62. The van der Waals surface area contributed by atoms with E-state index in [0.717, 1.165) is 0 Å². The summed E-state index contributed by atoms with van der Waals surface area (Å²) in [5.74, 6) is -0.356. The predicted octanol–water partition coefficient (Wildman–Crippen LogP) is 3.37. The molecular weight excluding hydrogens is 243 g/mol. The van der Waals surface area contributed by atoms with Crippen LogP contribution in [0.4, 0.5) is 13.2 Å². The summed E-state index contributed by atoms with van der Waals surface area (Å²) in [6.45, 7) is 0. The zero-order chi connectivity index (χ0) is 13.3. The topological polar surface area (TPSA) is 32.3 Å². The summed E-state index contributed by atoms with van der Waals surface area (Å²) in [6.07, 6.45) is -4.46. The van der Waals surface area contributed by atoms with Crippen LogP contribution in [0.5, 0.6) is 5.75 Å². The van der Waals surface area contributed by atoms with E-state index in [-0.39, 0.29) is 11.3 Å². The Labute approximate surface area is 102 Å². The molecular formula is C13H12F3NO. The van der Waals surface area contributed by atoms with Crippen LogP contribution in [-0.4, -0.2) is 18.3 Å². The van der Waals surface area contributed by atoms with Gasteiger partial charge in [-0.2, -0.15) is 13.2 Å². The molecule has 2 aromatic rings. The molecule has 5 heteroatoms. The molecule has 0 spiro atoms. The molecule has 2 nitrogen and oxygen atoms in total. The van der Waals surface area contributed by atoms with Gasteiger partial charge < -0.3 is 10.4 Å². The highest BCUT2D eigenvalue weighted by Gasteiger charge is 2.41. The number of phenolic OH excluding ortho intramolecular Hbond substituents is 1. The lowest BCUT2D eigenvalue weighted by atomic mass is 9.97. The quantitative estimate of drug-likeness (QED) is 0.862. The molecule has 18 heavy (non-hydrogen) atoms. The molecule has 0 heterocycles. The molecule has 2 N–H and O–H groups in total. The van der Waals surface area contributed by atoms with Crippen molar-refractivity contribution in [2.24, 2.45) is 0 Å². The fourth-order valence-electron chi connectivity index (χ4n) is 2.06. The van der Waals surface area contributed by atoms with Gasteiger partial charge in [0, 0.05) is 5.56 Å². The van der Waals surface area contributed by atoms with Gasteiger partial charge in [-0.1, -0.05) is 30.3 Å².